The van der Waals surface area contributed by atoms with Crippen molar-refractivity contribution in [3.63, 3.8) is 0 Å². The van der Waals surface area contributed by atoms with Crippen molar-refractivity contribution >= 4 is 0 Å². The largest absolute Gasteiger partial charge is 0.497 e. The van der Waals surface area contributed by atoms with Crippen molar-refractivity contribution in [2.45, 2.75) is 31.7 Å². The van der Waals surface area contributed by atoms with E-state index < -0.39 is 0 Å². The highest BCUT2D eigenvalue weighted by Crippen LogP contribution is 2.39. The van der Waals surface area contributed by atoms with Crippen molar-refractivity contribution in [1.82, 2.24) is 9.78 Å². The van der Waals surface area contributed by atoms with E-state index in [4.69, 9.17) is 10.5 Å². The Morgan fingerprint density at radius 3 is 2.85 bits per heavy atom. The van der Waals surface area contributed by atoms with Crippen LogP contribution in [0.4, 0.5) is 0 Å². The zero-order chi connectivity index (χ0) is 14.3. The third kappa shape index (κ3) is 2.10. The van der Waals surface area contributed by atoms with Crippen molar-refractivity contribution in [3.8, 4) is 5.75 Å². The molecule has 1 unspecified atom stereocenters. The predicted octanol–water partition coefficient (Wildman–Crippen LogP) is 2.08. The maximum absolute atomic E-state index is 6.71. The van der Waals surface area contributed by atoms with E-state index in [1.165, 1.54) is 16.8 Å². The average Bonchev–Trinajstić information content (AvgIpc) is 2.91. The second-order valence-electron chi connectivity index (χ2n) is 5.76. The first kappa shape index (κ1) is 13.2. The van der Waals surface area contributed by atoms with Crippen LogP contribution >= 0.6 is 0 Å². The van der Waals surface area contributed by atoms with Gasteiger partial charge in [-0.05, 0) is 49.1 Å². The first-order chi connectivity index (χ1) is 9.51. The predicted molar refractivity (Wildman–Crippen MR) is 78.8 cm³/mol. The maximum Gasteiger partial charge on any atom is 0.119 e. The minimum Gasteiger partial charge on any atom is -0.497 e. The minimum absolute atomic E-state index is 0.315. The topological polar surface area (TPSA) is 53.1 Å². The van der Waals surface area contributed by atoms with Crippen LogP contribution in [-0.2, 0) is 25.4 Å². The zero-order valence-electron chi connectivity index (χ0n) is 12.3. The van der Waals surface area contributed by atoms with E-state index in [0.29, 0.717) is 0 Å². The summed E-state index contributed by atoms with van der Waals surface area (Å²) in [6.07, 6.45) is 2.82. The second kappa shape index (κ2) is 4.63. The van der Waals surface area contributed by atoms with E-state index >= 15 is 0 Å². The molecule has 20 heavy (non-hydrogen) atoms. The van der Waals surface area contributed by atoms with Gasteiger partial charge in [-0.15, -0.1) is 0 Å². The average molecular weight is 271 g/mol. The minimum atomic E-state index is -0.315. The first-order valence-corrected chi connectivity index (χ1v) is 6.98. The van der Waals surface area contributed by atoms with Gasteiger partial charge < -0.3 is 10.5 Å². The van der Waals surface area contributed by atoms with Gasteiger partial charge >= 0.3 is 0 Å². The van der Waals surface area contributed by atoms with Crippen molar-refractivity contribution in [1.29, 1.82) is 0 Å². The number of hydrogen-bond acceptors (Lipinski definition) is 3. The molecule has 1 atom stereocenters. The SMILES string of the molecule is COc1ccc2c(c1)C(N)(Cc1cc(C)nn1C)CC2. The number of ether oxygens (including phenoxy) is 1. The second-order valence-corrected chi connectivity index (χ2v) is 5.76. The van der Waals surface area contributed by atoms with Crippen LogP contribution in [0.5, 0.6) is 5.75 Å². The van der Waals surface area contributed by atoms with Crippen LogP contribution in [0, 0.1) is 6.92 Å². The van der Waals surface area contributed by atoms with E-state index in [2.05, 4.69) is 23.3 Å². The van der Waals surface area contributed by atoms with Crippen LogP contribution in [0.25, 0.3) is 0 Å². The Balaban J connectivity index is 1.97. The number of nitrogens with zero attached hydrogens (tertiary/aromatic N) is 2. The lowest BCUT2D eigenvalue weighted by atomic mass is 9.88. The summed E-state index contributed by atoms with van der Waals surface area (Å²) < 4.78 is 7.27. The third-order valence-electron chi connectivity index (χ3n) is 4.29. The molecule has 0 spiro atoms. The van der Waals surface area contributed by atoms with Crippen LogP contribution in [0.2, 0.25) is 0 Å². The maximum atomic E-state index is 6.71. The summed E-state index contributed by atoms with van der Waals surface area (Å²) in [5.41, 5.74) is 11.2. The van der Waals surface area contributed by atoms with Crippen molar-refractivity contribution < 1.29 is 4.74 Å². The molecule has 0 fully saturated rings. The Kier molecular flexibility index (Phi) is 3.05. The van der Waals surface area contributed by atoms with Crippen LogP contribution in [-0.4, -0.2) is 16.9 Å². The van der Waals surface area contributed by atoms with Gasteiger partial charge in [-0.2, -0.15) is 5.10 Å². The summed E-state index contributed by atoms with van der Waals surface area (Å²) >= 11 is 0. The van der Waals surface area contributed by atoms with Crippen LogP contribution in [0.15, 0.2) is 24.3 Å². The molecule has 1 aromatic carbocycles. The normalized spacial score (nSPS) is 21.0. The lowest BCUT2D eigenvalue weighted by molar-refractivity contribution is 0.404. The molecular formula is C16H21N3O. The molecule has 1 aliphatic rings. The summed E-state index contributed by atoms with van der Waals surface area (Å²) in [5, 5.41) is 4.41. The van der Waals surface area contributed by atoms with Gasteiger partial charge in [0.05, 0.1) is 12.8 Å². The molecular weight excluding hydrogens is 250 g/mol. The molecule has 0 radical (unpaired) electrons. The molecule has 1 aliphatic carbocycles. The molecule has 3 rings (SSSR count). The molecule has 4 heteroatoms. The van der Waals surface area contributed by atoms with E-state index in [1.807, 2.05) is 24.7 Å². The number of methoxy groups -OCH3 is 1. The molecule has 2 aromatic rings. The van der Waals surface area contributed by atoms with Gasteiger partial charge in [0.25, 0.3) is 0 Å². The number of fused-ring (bicyclic) bond motifs is 1. The highest BCUT2D eigenvalue weighted by molar-refractivity contribution is 5.44. The molecule has 0 saturated heterocycles. The van der Waals surface area contributed by atoms with Gasteiger partial charge in [-0.25, -0.2) is 0 Å². The van der Waals surface area contributed by atoms with E-state index in [9.17, 15) is 0 Å². The van der Waals surface area contributed by atoms with Crippen LogP contribution < -0.4 is 10.5 Å². The van der Waals surface area contributed by atoms with E-state index in [-0.39, 0.29) is 5.54 Å². The number of aryl methyl sites for hydroxylation is 3. The highest BCUT2D eigenvalue weighted by Gasteiger charge is 2.36. The Morgan fingerprint density at radius 2 is 2.20 bits per heavy atom. The summed E-state index contributed by atoms with van der Waals surface area (Å²) in [6.45, 7) is 2.01. The molecule has 2 N–H and O–H groups in total. The smallest absolute Gasteiger partial charge is 0.119 e. The number of nitrogens with two attached hydrogens (primary N) is 1. The molecule has 0 bridgehead atoms. The molecule has 0 aliphatic heterocycles. The molecule has 0 saturated carbocycles. The third-order valence-corrected chi connectivity index (χ3v) is 4.29. The van der Waals surface area contributed by atoms with Gasteiger partial charge in [-0.1, -0.05) is 6.07 Å². The number of benzene rings is 1. The monoisotopic (exact) mass is 271 g/mol. The van der Waals surface area contributed by atoms with Crippen molar-refractivity contribution in [3.05, 3.63) is 46.8 Å². The van der Waals surface area contributed by atoms with Gasteiger partial charge in [0.1, 0.15) is 5.75 Å². The number of rotatable bonds is 3. The molecule has 1 aromatic heterocycles. The molecule has 4 nitrogen and oxygen atoms in total. The van der Waals surface area contributed by atoms with Gasteiger partial charge in [0.2, 0.25) is 0 Å². The fraction of sp³-hybridized carbons (Fsp3) is 0.438. The quantitative estimate of drug-likeness (QED) is 0.930. The Labute approximate surface area is 119 Å². The fourth-order valence-electron chi connectivity index (χ4n) is 3.19. The lowest BCUT2D eigenvalue weighted by Gasteiger charge is -2.25. The Bertz CT molecular complexity index is 647. The van der Waals surface area contributed by atoms with Gasteiger partial charge in [0.15, 0.2) is 0 Å². The summed E-state index contributed by atoms with van der Waals surface area (Å²) in [4.78, 5) is 0. The van der Waals surface area contributed by atoms with Crippen LogP contribution in [0.1, 0.15) is 28.9 Å². The summed E-state index contributed by atoms with van der Waals surface area (Å²) in [5.74, 6) is 0.877. The summed E-state index contributed by atoms with van der Waals surface area (Å²) in [7, 11) is 3.67. The van der Waals surface area contributed by atoms with E-state index in [0.717, 1.165) is 30.7 Å². The van der Waals surface area contributed by atoms with Crippen LogP contribution in [0.3, 0.4) is 0 Å². The molecule has 1 heterocycles. The molecule has 0 amide bonds. The van der Waals surface area contributed by atoms with Gasteiger partial charge in [0, 0.05) is 24.7 Å². The van der Waals surface area contributed by atoms with E-state index in [1.54, 1.807) is 7.11 Å². The standard InChI is InChI=1S/C16H21N3O/c1-11-8-13(19(2)18-11)10-16(17)7-6-12-4-5-14(20-3)9-15(12)16/h4-5,8-9H,6-7,10,17H2,1-3H3. The number of hydrogen-bond donors (Lipinski definition) is 1. The van der Waals surface area contributed by atoms with Crippen molar-refractivity contribution in [2.24, 2.45) is 12.8 Å². The first-order valence-electron chi connectivity index (χ1n) is 6.98. The highest BCUT2D eigenvalue weighted by atomic mass is 16.5. The Hall–Kier alpha value is -1.81. The summed E-state index contributed by atoms with van der Waals surface area (Å²) in [6, 6.07) is 8.36. The lowest BCUT2D eigenvalue weighted by Crippen LogP contribution is -2.37. The fourth-order valence-corrected chi connectivity index (χ4v) is 3.19. The van der Waals surface area contributed by atoms with Gasteiger partial charge in [-0.3, -0.25) is 4.68 Å². The number of aromatic nitrogens is 2. The Morgan fingerprint density at radius 1 is 1.40 bits per heavy atom. The zero-order valence-corrected chi connectivity index (χ0v) is 12.3. The molecule has 106 valence electrons. The van der Waals surface area contributed by atoms with Crippen molar-refractivity contribution in [2.75, 3.05) is 7.11 Å².